The van der Waals surface area contributed by atoms with Crippen LogP contribution >= 0.6 is 0 Å². The van der Waals surface area contributed by atoms with E-state index in [1.165, 1.54) is 32.6 Å². The molecule has 2 N–H and O–H groups in total. The lowest BCUT2D eigenvalue weighted by Gasteiger charge is -2.20. The molecule has 1 unspecified atom stereocenters. The monoisotopic (exact) mass is 357 g/mol. The average molecular weight is 357 g/mol. The van der Waals surface area contributed by atoms with Crippen LogP contribution in [-0.2, 0) is 14.4 Å². The highest BCUT2D eigenvalue weighted by atomic mass is 16.2. The van der Waals surface area contributed by atoms with Crippen LogP contribution in [-0.4, -0.2) is 30.3 Å². The summed E-state index contributed by atoms with van der Waals surface area (Å²) in [6.07, 6.45) is 7.17. The lowest BCUT2D eigenvalue weighted by atomic mass is 10.0. The van der Waals surface area contributed by atoms with Crippen LogP contribution < -0.4 is 15.5 Å². The topological polar surface area (TPSA) is 78.5 Å². The number of nitrogens with zero attached hydrogens (tertiary/aromatic N) is 1. The third-order valence-corrected chi connectivity index (χ3v) is 5.20. The van der Waals surface area contributed by atoms with Crippen LogP contribution in [0.4, 0.5) is 11.4 Å². The molecule has 0 spiro atoms. The van der Waals surface area contributed by atoms with E-state index in [4.69, 9.17) is 0 Å². The SMILES string of the molecule is CC(=O)Nc1ccc(N2CC(C(=O)NC3CCCCCC3)CC2=O)cc1. The summed E-state index contributed by atoms with van der Waals surface area (Å²) in [5, 5.41) is 5.86. The van der Waals surface area contributed by atoms with Crippen molar-refractivity contribution in [1.29, 1.82) is 0 Å². The molecule has 1 aromatic carbocycles. The van der Waals surface area contributed by atoms with Gasteiger partial charge in [-0.05, 0) is 37.1 Å². The summed E-state index contributed by atoms with van der Waals surface area (Å²) in [5.41, 5.74) is 1.45. The Labute approximate surface area is 154 Å². The zero-order chi connectivity index (χ0) is 18.5. The summed E-state index contributed by atoms with van der Waals surface area (Å²) in [5.74, 6) is -0.452. The molecule has 2 aliphatic rings. The van der Waals surface area contributed by atoms with Gasteiger partial charge >= 0.3 is 0 Å². The molecule has 1 saturated heterocycles. The molecule has 6 heteroatoms. The highest BCUT2D eigenvalue weighted by Gasteiger charge is 2.35. The second kappa shape index (κ2) is 8.34. The van der Waals surface area contributed by atoms with E-state index >= 15 is 0 Å². The van der Waals surface area contributed by atoms with E-state index < -0.39 is 0 Å². The fourth-order valence-electron chi connectivity index (χ4n) is 3.80. The Kier molecular flexibility index (Phi) is 5.91. The molecule has 1 heterocycles. The van der Waals surface area contributed by atoms with E-state index in [0.29, 0.717) is 12.2 Å². The minimum absolute atomic E-state index is 0.00242. The summed E-state index contributed by atoms with van der Waals surface area (Å²) in [7, 11) is 0. The van der Waals surface area contributed by atoms with Crippen molar-refractivity contribution in [3.05, 3.63) is 24.3 Å². The van der Waals surface area contributed by atoms with Crippen LogP contribution in [0.2, 0.25) is 0 Å². The highest BCUT2D eigenvalue weighted by Crippen LogP contribution is 2.27. The van der Waals surface area contributed by atoms with Gasteiger partial charge in [0, 0.05) is 37.3 Å². The van der Waals surface area contributed by atoms with Gasteiger partial charge in [-0.2, -0.15) is 0 Å². The lowest BCUT2D eigenvalue weighted by Crippen LogP contribution is -2.39. The van der Waals surface area contributed by atoms with Gasteiger partial charge < -0.3 is 15.5 Å². The number of rotatable bonds is 4. The average Bonchev–Trinajstić information content (AvgIpc) is 2.82. The van der Waals surface area contributed by atoms with Crippen molar-refractivity contribution in [2.75, 3.05) is 16.8 Å². The lowest BCUT2D eigenvalue weighted by molar-refractivity contribution is -0.127. The molecule has 140 valence electrons. The molecule has 1 saturated carbocycles. The first-order valence-corrected chi connectivity index (χ1v) is 9.51. The Balaban J connectivity index is 1.59. The molecule has 1 aliphatic carbocycles. The van der Waals surface area contributed by atoms with Crippen LogP contribution in [0.25, 0.3) is 0 Å². The Morgan fingerprint density at radius 1 is 1.04 bits per heavy atom. The molecular weight excluding hydrogens is 330 g/mol. The predicted octanol–water partition coefficient (Wildman–Crippen LogP) is 2.84. The summed E-state index contributed by atoms with van der Waals surface area (Å²) in [6, 6.07) is 7.39. The van der Waals surface area contributed by atoms with Crippen LogP contribution in [0.1, 0.15) is 51.9 Å². The van der Waals surface area contributed by atoms with Gasteiger partial charge in [0.15, 0.2) is 0 Å². The maximum atomic E-state index is 12.6. The second-order valence-electron chi connectivity index (χ2n) is 7.33. The molecule has 1 atom stereocenters. The molecule has 6 nitrogen and oxygen atoms in total. The number of hydrogen-bond donors (Lipinski definition) is 2. The Bertz CT molecular complexity index is 663. The minimum Gasteiger partial charge on any atom is -0.353 e. The molecule has 3 amide bonds. The summed E-state index contributed by atoms with van der Waals surface area (Å²) < 4.78 is 0. The van der Waals surface area contributed by atoms with E-state index in [1.807, 2.05) is 0 Å². The fraction of sp³-hybridized carbons (Fsp3) is 0.550. The summed E-state index contributed by atoms with van der Waals surface area (Å²) >= 11 is 0. The number of carbonyl (C=O) groups is 3. The van der Waals surface area contributed by atoms with Crippen LogP contribution in [0, 0.1) is 5.92 Å². The first-order chi connectivity index (χ1) is 12.5. The number of amides is 3. The van der Waals surface area contributed by atoms with E-state index in [9.17, 15) is 14.4 Å². The third-order valence-electron chi connectivity index (χ3n) is 5.20. The van der Waals surface area contributed by atoms with Crippen molar-refractivity contribution in [3.8, 4) is 0 Å². The first-order valence-electron chi connectivity index (χ1n) is 9.51. The van der Waals surface area contributed by atoms with Crippen LogP contribution in [0.15, 0.2) is 24.3 Å². The van der Waals surface area contributed by atoms with Crippen molar-refractivity contribution in [2.24, 2.45) is 5.92 Å². The number of carbonyl (C=O) groups excluding carboxylic acids is 3. The van der Waals surface area contributed by atoms with Gasteiger partial charge in [0.25, 0.3) is 0 Å². The molecular formula is C20H27N3O3. The number of nitrogens with one attached hydrogen (secondary N) is 2. The first kappa shape index (κ1) is 18.4. The van der Waals surface area contributed by atoms with Crippen molar-refractivity contribution in [3.63, 3.8) is 0 Å². The minimum atomic E-state index is -0.291. The highest BCUT2D eigenvalue weighted by molar-refractivity contribution is 6.00. The van der Waals surface area contributed by atoms with Gasteiger partial charge in [-0.1, -0.05) is 25.7 Å². The van der Waals surface area contributed by atoms with Crippen LogP contribution in [0.3, 0.4) is 0 Å². The normalized spacial score (nSPS) is 21.3. The summed E-state index contributed by atoms with van der Waals surface area (Å²) in [6.45, 7) is 1.87. The zero-order valence-corrected chi connectivity index (χ0v) is 15.3. The molecule has 0 aromatic heterocycles. The fourth-order valence-corrected chi connectivity index (χ4v) is 3.80. The Hall–Kier alpha value is -2.37. The van der Waals surface area contributed by atoms with Crippen molar-refractivity contribution < 1.29 is 14.4 Å². The van der Waals surface area contributed by atoms with Gasteiger partial charge in [-0.3, -0.25) is 14.4 Å². The molecule has 2 fully saturated rings. The van der Waals surface area contributed by atoms with E-state index in [2.05, 4.69) is 10.6 Å². The van der Waals surface area contributed by atoms with Gasteiger partial charge in [-0.15, -0.1) is 0 Å². The molecule has 3 rings (SSSR count). The second-order valence-corrected chi connectivity index (χ2v) is 7.33. The molecule has 0 bridgehead atoms. The van der Waals surface area contributed by atoms with Crippen molar-refractivity contribution in [1.82, 2.24) is 5.32 Å². The molecule has 1 aromatic rings. The van der Waals surface area contributed by atoms with Gasteiger partial charge in [0.1, 0.15) is 0 Å². The number of benzene rings is 1. The number of hydrogen-bond acceptors (Lipinski definition) is 3. The standard InChI is InChI=1S/C20H27N3O3/c1-14(24)21-17-8-10-18(11-9-17)23-13-15(12-19(23)25)20(26)22-16-6-4-2-3-5-7-16/h8-11,15-16H,2-7,12-13H2,1H3,(H,21,24)(H,22,26). The molecule has 0 radical (unpaired) electrons. The van der Waals surface area contributed by atoms with Gasteiger partial charge in [0.05, 0.1) is 5.92 Å². The largest absolute Gasteiger partial charge is 0.353 e. The predicted molar refractivity (Wildman–Crippen MR) is 101 cm³/mol. The Morgan fingerprint density at radius 3 is 2.31 bits per heavy atom. The third kappa shape index (κ3) is 4.62. The zero-order valence-electron chi connectivity index (χ0n) is 15.3. The van der Waals surface area contributed by atoms with Crippen LogP contribution in [0.5, 0.6) is 0 Å². The Morgan fingerprint density at radius 2 is 1.69 bits per heavy atom. The smallest absolute Gasteiger partial charge is 0.227 e. The van der Waals surface area contributed by atoms with Crippen molar-refractivity contribution >= 4 is 29.1 Å². The van der Waals surface area contributed by atoms with Crippen molar-refractivity contribution in [2.45, 2.75) is 57.9 Å². The summed E-state index contributed by atoms with van der Waals surface area (Å²) in [4.78, 5) is 37.7. The molecule has 1 aliphatic heterocycles. The molecule has 26 heavy (non-hydrogen) atoms. The van der Waals surface area contributed by atoms with E-state index in [-0.39, 0.29) is 36.1 Å². The van der Waals surface area contributed by atoms with Gasteiger partial charge in [0.2, 0.25) is 17.7 Å². The van der Waals surface area contributed by atoms with Gasteiger partial charge in [-0.25, -0.2) is 0 Å². The van der Waals surface area contributed by atoms with E-state index in [1.54, 1.807) is 29.2 Å². The maximum absolute atomic E-state index is 12.6. The quantitative estimate of drug-likeness (QED) is 0.814. The number of anilines is 2. The maximum Gasteiger partial charge on any atom is 0.227 e. The van der Waals surface area contributed by atoms with E-state index in [0.717, 1.165) is 18.5 Å².